The second kappa shape index (κ2) is 11.3. The Morgan fingerprint density at radius 3 is 1.93 bits per heavy atom. The van der Waals surface area contributed by atoms with E-state index in [4.69, 9.17) is 19.7 Å². The molecular formula is C34H28N6O2S. The van der Waals surface area contributed by atoms with Gasteiger partial charge in [0.15, 0.2) is 5.82 Å². The van der Waals surface area contributed by atoms with Crippen molar-refractivity contribution in [2.24, 2.45) is 5.10 Å². The molecule has 1 aliphatic rings. The van der Waals surface area contributed by atoms with Gasteiger partial charge in [0.05, 0.1) is 37.0 Å². The quantitative estimate of drug-likeness (QED) is 0.198. The summed E-state index contributed by atoms with van der Waals surface area (Å²) in [7, 11) is 3.33. The van der Waals surface area contributed by atoms with Crippen LogP contribution >= 0.6 is 11.8 Å². The largest absolute Gasteiger partial charge is 0.497 e. The van der Waals surface area contributed by atoms with Crippen LogP contribution in [0.15, 0.2) is 113 Å². The van der Waals surface area contributed by atoms with Crippen LogP contribution in [0.3, 0.4) is 0 Å². The van der Waals surface area contributed by atoms with E-state index in [1.165, 1.54) is 5.56 Å². The fourth-order valence-corrected chi connectivity index (χ4v) is 5.83. The van der Waals surface area contributed by atoms with Crippen molar-refractivity contribution in [1.82, 2.24) is 24.7 Å². The Hall–Kier alpha value is -5.15. The van der Waals surface area contributed by atoms with Gasteiger partial charge in [-0.1, -0.05) is 41.6 Å². The zero-order chi connectivity index (χ0) is 29.3. The van der Waals surface area contributed by atoms with Gasteiger partial charge in [0.1, 0.15) is 11.5 Å². The molecule has 0 bridgehead atoms. The molecule has 0 unspecified atom stereocenters. The highest BCUT2D eigenvalue weighted by Gasteiger charge is 2.21. The summed E-state index contributed by atoms with van der Waals surface area (Å²) in [6.07, 6.45) is 0. The number of aromatic nitrogens is 5. The van der Waals surface area contributed by atoms with E-state index in [1.807, 2.05) is 70.0 Å². The van der Waals surface area contributed by atoms with Gasteiger partial charge < -0.3 is 9.47 Å². The third kappa shape index (κ3) is 5.19. The molecule has 2 aromatic heterocycles. The van der Waals surface area contributed by atoms with Crippen molar-refractivity contribution in [2.75, 3.05) is 20.0 Å². The first-order chi connectivity index (χ1) is 21.1. The number of nitrogens with zero attached hydrogens (tertiary/aromatic N) is 6. The molecule has 8 nitrogen and oxygen atoms in total. The standard InChI is InChI=1S/C34H28N6O2S/c1-22-4-6-24(7-5-22)31-21-43-34-36-35-33(40(34)38-31)26-8-14-27(15-9-26)39-32(25-12-18-29(42-3)19-13-25)20-30(37-39)23-10-16-28(41-2)17-11-23/h4-20H,21H2,1-3H3. The monoisotopic (exact) mass is 584 g/mol. The second-order valence-electron chi connectivity index (χ2n) is 10.1. The Kier molecular flexibility index (Phi) is 7.00. The SMILES string of the molecule is COc1ccc(-c2cc(-c3ccc(OC)cc3)n(-c3ccc(-c4nnc5n4N=C(c4ccc(C)cc4)CS5)cc3)n2)cc1. The minimum atomic E-state index is 0.702. The van der Waals surface area contributed by atoms with Crippen LogP contribution in [0.2, 0.25) is 0 Å². The molecule has 0 spiro atoms. The third-order valence-electron chi connectivity index (χ3n) is 7.41. The third-order valence-corrected chi connectivity index (χ3v) is 8.34. The lowest BCUT2D eigenvalue weighted by Gasteiger charge is -2.14. The van der Waals surface area contributed by atoms with Gasteiger partial charge >= 0.3 is 0 Å². The first-order valence-corrected chi connectivity index (χ1v) is 14.8. The normalized spacial score (nSPS) is 12.5. The van der Waals surface area contributed by atoms with Gasteiger partial charge in [-0.05, 0) is 91.3 Å². The summed E-state index contributed by atoms with van der Waals surface area (Å²) in [6, 6.07) is 34.7. The number of ether oxygens (including phenoxy) is 2. The maximum absolute atomic E-state index is 5.38. The number of fused-ring (bicyclic) bond motifs is 1. The van der Waals surface area contributed by atoms with E-state index in [0.717, 1.165) is 67.4 Å². The summed E-state index contributed by atoms with van der Waals surface area (Å²) in [6.45, 7) is 2.09. The zero-order valence-electron chi connectivity index (χ0n) is 23.9. The topological polar surface area (TPSA) is 79.4 Å². The Labute approximate surface area is 253 Å². The Bertz CT molecular complexity index is 1920. The summed E-state index contributed by atoms with van der Waals surface area (Å²) < 4.78 is 14.5. The number of aryl methyl sites for hydroxylation is 1. The Morgan fingerprint density at radius 2 is 1.28 bits per heavy atom. The first-order valence-electron chi connectivity index (χ1n) is 13.8. The molecule has 9 heteroatoms. The average Bonchev–Trinajstić information content (AvgIpc) is 3.70. The molecule has 3 heterocycles. The number of hydrogen-bond donors (Lipinski definition) is 0. The molecule has 0 saturated carbocycles. The van der Waals surface area contributed by atoms with Crippen LogP contribution in [0.5, 0.6) is 11.5 Å². The molecule has 212 valence electrons. The average molecular weight is 585 g/mol. The minimum Gasteiger partial charge on any atom is -0.497 e. The predicted molar refractivity (Wildman–Crippen MR) is 170 cm³/mol. The Morgan fingerprint density at radius 1 is 0.674 bits per heavy atom. The predicted octanol–water partition coefficient (Wildman–Crippen LogP) is 7.15. The summed E-state index contributed by atoms with van der Waals surface area (Å²) in [4.78, 5) is 0. The second-order valence-corrected chi connectivity index (χ2v) is 11.1. The molecule has 43 heavy (non-hydrogen) atoms. The van der Waals surface area contributed by atoms with Gasteiger partial charge in [-0.25, -0.2) is 4.68 Å². The molecule has 7 rings (SSSR count). The fourth-order valence-electron chi connectivity index (χ4n) is 4.99. The zero-order valence-corrected chi connectivity index (χ0v) is 24.7. The number of rotatable bonds is 7. The smallest absolute Gasteiger partial charge is 0.212 e. The maximum Gasteiger partial charge on any atom is 0.212 e. The van der Waals surface area contributed by atoms with E-state index in [-0.39, 0.29) is 0 Å². The van der Waals surface area contributed by atoms with Gasteiger partial charge in [-0.15, -0.1) is 10.2 Å². The van der Waals surface area contributed by atoms with Crippen molar-refractivity contribution >= 4 is 17.5 Å². The summed E-state index contributed by atoms with van der Waals surface area (Å²) in [5.74, 6) is 3.06. The van der Waals surface area contributed by atoms with E-state index in [9.17, 15) is 0 Å². The van der Waals surface area contributed by atoms with Crippen molar-refractivity contribution in [3.8, 4) is 51.1 Å². The van der Waals surface area contributed by atoms with Crippen LogP contribution < -0.4 is 9.47 Å². The molecule has 1 aliphatic heterocycles. The summed E-state index contributed by atoms with van der Waals surface area (Å²) in [5.41, 5.74) is 9.03. The first kappa shape index (κ1) is 26.7. The molecule has 6 aromatic rings. The van der Waals surface area contributed by atoms with Gasteiger partial charge in [0, 0.05) is 22.4 Å². The van der Waals surface area contributed by atoms with Gasteiger partial charge in [-0.3, -0.25) is 0 Å². The van der Waals surface area contributed by atoms with Crippen LogP contribution in [0.4, 0.5) is 0 Å². The molecule has 0 aliphatic carbocycles. The van der Waals surface area contributed by atoms with Gasteiger partial charge in [0.2, 0.25) is 5.16 Å². The fraction of sp³-hybridized carbons (Fsp3) is 0.118. The lowest BCUT2D eigenvalue weighted by molar-refractivity contribution is 0.414. The molecule has 0 amide bonds. The van der Waals surface area contributed by atoms with E-state index in [0.29, 0.717) is 5.82 Å². The van der Waals surface area contributed by atoms with Crippen LogP contribution in [-0.4, -0.2) is 50.3 Å². The van der Waals surface area contributed by atoms with E-state index >= 15 is 0 Å². The van der Waals surface area contributed by atoms with Crippen LogP contribution in [0.25, 0.3) is 39.6 Å². The van der Waals surface area contributed by atoms with E-state index < -0.39 is 0 Å². The van der Waals surface area contributed by atoms with Crippen LogP contribution in [0.1, 0.15) is 11.1 Å². The van der Waals surface area contributed by atoms with E-state index in [1.54, 1.807) is 26.0 Å². The molecule has 0 atom stereocenters. The molecule has 0 fully saturated rings. The highest BCUT2D eigenvalue weighted by molar-refractivity contribution is 7.99. The number of hydrogen-bond acceptors (Lipinski definition) is 7. The van der Waals surface area contributed by atoms with Crippen molar-refractivity contribution in [3.05, 3.63) is 114 Å². The molecule has 4 aromatic carbocycles. The van der Waals surface area contributed by atoms with Crippen LogP contribution in [-0.2, 0) is 0 Å². The Balaban J connectivity index is 1.25. The molecular weight excluding hydrogens is 556 g/mol. The minimum absolute atomic E-state index is 0.702. The highest BCUT2D eigenvalue weighted by Crippen LogP contribution is 2.33. The van der Waals surface area contributed by atoms with Gasteiger partial charge in [0.25, 0.3) is 0 Å². The highest BCUT2D eigenvalue weighted by atomic mass is 32.2. The summed E-state index contributed by atoms with van der Waals surface area (Å²) >= 11 is 1.64. The lowest BCUT2D eigenvalue weighted by atomic mass is 10.1. The molecule has 0 N–H and O–H groups in total. The maximum atomic E-state index is 5.38. The number of thioether (sulfide) groups is 1. The van der Waals surface area contributed by atoms with Crippen molar-refractivity contribution in [1.29, 1.82) is 0 Å². The number of methoxy groups -OCH3 is 2. The molecule has 0 radical (unpaired) electrons. The summed E-state index contributed by atoms with van der Waals surface area (Å²) in [5, 5.41) is 19.6. The number of benzene rings is 4. The van der Waals surface area contributed by atoms with Crippen molar-refractivity contribution < 1.29 is 9.47 Å². The molecule has 0 saturated heterocycles. The van der Waals surface area contributed by atoms with Gasteiger partial charge in [-0.2, -0.15) is 14.9 Å². The lowest BCUT2D eigenvalue weighted by Crippen LogP contribution is -2.13. The van der Waals surface area contributed by atoms with Crippen molar-refractivity contribution in [3.63, 3.8) is 0 Å². The van der Waals surface area contributed by atoms with E-state index in [2.05, 4.69) is 59.6 Å². The van der Waals surface area contributed by atoms with Crippen molar-refractivity contribution in [2.45, 2.75) is 12.1 Å². The van der Waals surface area contributed by atoms with Crippen LogP contribution in [0, 0.1) is 6.92 Å².